The van der Waals surface area contributed by atoms with Crippen molar-refractivity contribution in [3.8, 4) is 5.75 Å². The van der Waals surface area contributed by atoms with E-state index in [1.165, 1.54) is 12.6 Å². The number of aliphatic hydroxyl groups is 1. The number of carbonyl (C=O) groups excluding carboxylic acids is 1. The molecule has 1 aliphatic rings. The smallest absolute Gasteiger partial charge is 0.221 e. The molecule has 1 unspecified atom stereocenters. The Kier molecular flexibility index (Phi) is 7.28. The van der Waals surface area contributed by atoms with Crippen molar-refractivity contribution >= 4 is 17.3 Å². The zero-order chi connectivity index (χ0) is 19.8. The summed E-state index contributed by atoms with van der Waals surface area (Å²) in [6.45, 7) is 6.56. The zero-order valence-electron chi connectivity index (χ0n) is 16.4. The van der Waals surface area contributed by atoms with E-state index in [-0.39, 0.29) is 5.91 Å². The van der Waals surface area contributed by atoms with Gasteiger partial charge in [-0.2, -0.15) is 0 Å². The minimum absolute atomic E-state index is 0.0577. The number of nitrogens with one attached hydrogen (secondary N) is 1. The second-order valence-corrected chi connectivity index (χ2v) is 7.12. The van der Waals surface area contributed by atoms with Crippen molar-refractivity contribution in [3.05, 3.63) is 54.6 Å². The summed E-state index contributed by atoms with van der Waals surface area (Å²) in [6, 6.07) is 17.6. The molecule has 0 bridgehead atoms. The summed E-state index contributed by atoms with van der Waals surface area (Å²) in [5, 5.41) is 13.0. The van der Waals surface area contributed by atoms with Crippen molar-refractivity contribution in [3.63, 3.8) is 0 Å². The SMILES string of the molecule is CC(=O)Nc1ccc(N2CCN(CCC(O)COc3ccccc3)CC2)cc1. The van der Waals surface area contributed by atoms with Crippen molar-refractivity contribution in [1.29, 1.82) is 0 Å². The second-order valence-electron chi connectivity index (χ2n) is 7.12. The van der Waals surface area contributed by atoms with E-state index in [0.717, 1.165) is 44.2 Å². The third-order valence-electron chi connectivity index (χ3n) is 4.89. The Labute approximate surface area is 166 Å². The van der Waals surface area contributed by atoms with Gasteiger partial charge < -0.3 is 20.1 Å². The Hall–Kier alpha value is -2.57. The number of amides is 1. The largest absolute Gasteiger partial charge is 0.491 e. The number of rotatable bonds is 8. The van der Waals surface area contributed by atoms with Crippen molar-refractivity contribution in [2.75, 3.05) is 49.5 Å². The third-order valence-corrected chi connectivity index (χ3v) is 4.89. The molecule has 2 aromatic rings. The molecule has 0 saturated carbocycles. The molecule has 0 radical (unpaired) electrons. The molecule has 1 fully saturated rings. The molecule has 1 heterocycles. The van der Waals surface area contributed by atoms with Crippen LogP contribution in [0.1, 0.15) is 13.3 Å². The molecular weight excluding hydrogens is 354 g/mol. The topological polar surface area (TPSA) is 65.0 Å². The molecule has 1 amide bonds. The number of anilines is 2. The average Bonchev–Trinajstić information content (AvgIpc) is 2.72. The summed E-state index contributed by atoms with van der Waals surface area (Å²) in [4.78, 5) is 15.8. The molecular formula is C22H29N3O3. The molecule has 6 nitrogen and oxygen atoms in total. The monoisotopic (exact) mass is 383 g/mol. The van der Waals surface area contributed by atoms with E-state index < -0.39 is 6.10 Å². The van der Waals surface area contributed by atoms with Crippen LogP contribution in [0.5, 0.6) is 5.75 Å². The van der Waals surface area contributed by atoms with E-state index >= 15 is 0 Å². The van der Waals surface area contributed by atoms with Gasteiger partial charge >= 0.3 is 0 Å². The molecule has 2 aromatic carbocycles. The van der Waals surface area contributed by atoms with Crippen LogP contribution in [0.3, 0.4) is 0 Å². The summed E-state index contributed by atoms with van der Waals surface area (Å²) in [5.41, 5.74) is 1.99. The molecule has 1 aliphatic heterocycles. The van der Waals surface area contributed by atoms with Crippen LogP contribution in [-0.4, -0.2) is 61.3 Å². The van der Waals surface area contributed by atoms with Crippen LogP contribution >= 0.6 is 0 Å². The fourth-order valence-corrected chi connectivity index (χ4v) is 3.31. The Bertz CT molecular complexity index is 728. The van der Waals surface area contributed by atoms with Crippen LogP contribution < -0.4 is 15.0 Å². The third kappa shape index (κ3) is 6.25. The van der Waals surface area contributed by atoms with Gasteiger partial charge in [0.05, 0.1) is 6.10 Å². The lowest BCUT2D eigenvalue weighted by molar-refractivity contribution is -0.114. The fraction of sp³-hybridized carbons (Fsp3) is 0.409. The van der Waals surface area contributed by atoms with Gasteiger partial charge in [-0.25, -0.2) is 0 Å². The first kappa shape index (κ1) is 20.2. The molecule has 2 N–H and O–H groups in total. The molecule has 150 valence electrons. The summed E-state index contributed by atoms with van der Waals surface area (Å²) in [5.74, 6) is 0.734. The van der Waals surface area contributed by atoms with Gasteiger partial charge in [-0.1, -0.05) is 18.2 Å². The predicted octanol–water partition coefficient (Wildman–Crippen LogP) is 2.60. The van der Waals surface area contributed by atoms with Gasteiger partial charge in [0.25, 0.3) is 0 Å². The Balaban J connectivity index is 1.36. The molecule has 1 atom stereocenters. The maximum Gasteiger partial charge on any atom is 0.221 e. The van der Waals surface area contributed by atoms with Gasteiger partial charge in [0.15, 0.2) is 0 Å². The zero-order valence-corrected chi connectivity index (χ0v) is 16.4. The highest BCUT2D eigenvalue weighted by Gasteiger charge is 2.18. The Morgan fingerprint density at radius 1 is 1.07 bits per heavy atom. The Morgan fingerprint density at radius 3 is 2.39 bits per heavy atom. The molecule has 3 rings (SSSR count). The highest BCUT2D eigenvalue weighted by molar-refractivity contribution is 5.88. The number of benzene rings is 2. The normalized spacial score (nSPS) is 15.9. The lowest BCUT2D eigenvalue weighted by Gasteiger charge is -2.36. The standard InChI is InChI=1S/C22H29N3O3/c1-18(26)23-19-7-9-20(10-8-19)25-15-13-24(14-16-25)12-11-21(27)17-28-22-5-3-2-4-6-22/h2-10,21,27H,11-17H2,1H3,(H,23,26). The van der Waals surface area contributed by atoms with Crippen LogP contribution in [0.25, 0.3) is 0 Å². The number of nitrogens with zero attached hydrogens (tertiary/aromatic N) is 2. The van der Waals surface area contributed by atoms with Crippen LogP contribution in [0.4, 0.5) is 11.4 Å². The molecule has 28 heavy (non-hydrogen) atoms. The van der Waals surface area contributed by atoms with E-state index in [2.05, 4.69) is 15.1 Å². The number of piperazine rings is 1. The minimum atomic E-state index is -0.459. The van der Waals surface area contributed by atoms with Crippen molar-refractivity contribution in [2.45, 2.75) is 19.4 Å². The number of hydrogen-bond acceptors (Lipinski definition) is 5. The van der Waals surface area contributed by atoms with Gasteiger partial charge in [-0.15, -0.1) is 0 Å². The molecule has 1 saturated heterocycles. The number of hydrogen-bond donors (Lipinski definition) is 2. The second kappa shape index (κ2) is 10.1. The summed E-state index contributed by atoms with van der Waals surface area (Å²) < 4.78 is 5.61. The molecule has 0 aliphatic carbocycles. The van der Waals surface area contributed by atoms with Crippen LogP contribution in [0.15, 0.2) is 54.6 Å². The van der Waals surface area contributed by atoms with E-state index in [1.807, 2.05) is 54.6 Å². The predicted molar refractivity (Wildman–Crippen MR) is 112 cm³/mol. The first-order valence-corrected chi connectivity index (χ1v) is 9.81. The van der Waals surface area contributed by atoms with Crippen LogP contribution in [0, 0.1) is 0 Å². The minimum Gasteiger partial charge on any atom is -0.491 e. The summed E-state index contributed by atoms with van der Waals surface area (Å²) in [6.07, 6.45) is 0.248. The van der Waals surface area contributed by atoms with Gasteiger partial charge in [0.1, 0.15) is 12.4 Å². The summed E-state index contributed by atoms with van der Waals surface area (Å²) >= 11 is 0. The lowest BCUT2D eigenvalue weighted by Crippen LogP contribution is -2.47. The van der Waals surface area contributed by atoms with Crippen molar-refractivity contribution in [2.24, 2.45) is 0 Å². The Morgan fingerprint density at radius 2 is 1.75 bits per heavy atom. The number of ether oxygens (including phenoxy) is 1. The van der Waals surface area contributed by atoms with Crippen molar-refractivity contribution in [1.82, 2.24) is 4.90 Å². The maximum absolute atomic E-state index is 11.1. The number of carbonyl (C=O) groups is 1. The maximum atomic E-state index is 11.1. The number of aliphatic hydroxyl groups excluding tert-OH is 1. The number of para-hydroxylation sites is 1. The van der Waals surface area contributed by atoms with Gasteiger partial charge in [0.2, 0.25) is 5.91 Å². The van der Waals surface area contributed by atoms with E-state index in [0.29, 0.717) is 13.0 Å². The van der Waals surface area contributed by atoms with Crippen LogP contribution in [0.2, 0.25) is 0 Å². The highest BCUT2D eigenvalue weighted by Crippen LogP contribution is 2.19. The first-order valence-electron chi connectivity index (χ1n) is 9.81. The molecule has 0 spiro atoms. The quantitative estimate of drug-likeness (QED) is 0.734. The summed E-state index contributed by atoms with van der Waals surface area (Å²) in [7, 11) is 0. The molecule has 0 aromatic heterocycles. The molecule has 6 heteroatoms. The van der Waals surface area contributed by atoms with E-state index in [1.54, 1.807) is 0 Å². The van der Waals surface area contributed by atoms with Gasteiger partial charge in [-0.05, 0) is 42.8 Å². The fourth-order valence-electron chi connectivity index (χ4n) is 3.31. The van der Waals surface area contributed by atoms with E-state index in [4.69, 9.17) is 4.74 Å². The lowest BCUT2D eigenvalue weighted by atomic mass is 10.2. The average molecular weight is 383 g/mol. The van der Waals surface area contributed by atoms with Gasteiger partial charge in [-0.3, -0.25) is 9.69 Å². The first-order chi connectivity index (χ1) is 13.6. The van der Waals surface area contributed by atoms with E-state index in [9.17, 15) is 9.90 Å². The van der Waals surface area contributed by atoms with Crippen LogP contribution in [-0.2, 0) is 4.79 Å². The van der Waals surface area contributed by atoms with Gasteiger partial charge in [0, 0.05) is 51.0 Å². The highest BCUT2D eigenvalue weighted by atomic mass is 16.5. The van der Waals surface area contributed by atoms with Crippen molar-refractivity contribution < 1.29 is 14.6 Å².